The number of aromatic nitrogens is 1. The van der Waals surface area contributed by atoms with E-state index in [2.05, 4.69) is 10.3 Å². The second-order valence-electron chi connectivity index (χ2n) is 4.84. The molecule has 1 aromatic rings. The van der Waals surface area contributed by atoms with Gasteiger partial charge >= 0.3 is 5.97 Å². The Balaban J connectivity index is 1.95. The molecule has 0 atom stereocenters. The van der Waals surface area contributed by atoms with E-state index >= 15 is 0 Å². The largest absolute Gasteiger partial charge is 0.477 e. The molecule has 1 fully saturated rings. The number of hydrogen-bond donors (Lipinski definition) is 3. The second kappa shape index (κ2) is 3.76. The number of carbonyl (C=O) groups is 2. The molecule has 1 aliphatic heterocycles. The van der Waals surface area contributed by atoms with Crippen LogP contribution in [0.25, 0.3) is 0 Å². The molecule has 0 radical (unpaired) electrons. The van der Waals surface area contributed by atoms with E-state index in [1.807, 2.05) is 0 Å². The minimum atomic E-state index is -1.07. The number of aromatic carboxylic acids is 1. The average molecular weight is 250 g/mol. The highest BCUT2D eigenvalue weighted by Gasteiger charge is 2.46. The van der Waals surface area contributed by atoms with Crippen LogP contribution in [-0.4, -0.2) is 27.6 Å². The number of hydrogen-bond acceptors (Lipinski definition) is 3. The first-order chi connectivity index (χ1) is 8.61. The second-order valence-corrected chi connectivity index (χ2v) is 4.84. The normalized spacial score (nSPS) is 21.0. The van der Waals surface area contributed by atoms with Gasteiger partial charge in [0, 0.05) is 6.07 Å². The maximum atomic E-state index is 12.1. The van der Waals surface area contributed by atoms with Crippen LogP contribution in [-0.2, 0) is 4.79 Å². The van der Waals surface area contributed by atoms with Crippen molar-refractivity contribution in [2.45, 2.75) is 37.7 Å². The summed E-state index contributed by atoms with van der Waals surface area (Å²) in [5.74, 6) is -0.476. The van der Waals surface area contributed by atoms with Crippen molar-refractivity contribution in [1.29, 1.82) is 0 Å². The molecule has 1 aromatic heterocycles. The fourth-order valence-corrected chi connectivity index (χ4v) is 2.66. The van der Waals surface area contributed by atoms with Gasteiger partial charge in [-0.3, -0.25) is 4.79 Å². The molecule has 2 heterocycles. The highest BCUT2D eigenvalue weighted by molar-refractivity contribution is 6.01. The summed E-state index contributed by atoms with van der Waals surface area (Å²) >= 11 is 0. The molecule has 0 bridgehead atoms. The fourth-order valence-electron chi connectivity index (χ4n) is 2.66. The lowest BCUT2D eigenvalue weighted by molar-refractivity contribution is -0.135. The van der Waals surface area contributed by atoms with Gasteiger partial charge in [0.25, 0.3) is 5.91 Å². The Morgan fingerprint density at radius 1 is 1.33 bits per heavy atom. The van der Waals surface area contributed by atoms with Crippen LogP contribution in [0, 0.1) is 0 Å². The van der Waals surface area contributed by atoms with Gasteiger partial charge in [-0.25, -0.2) is 4.79 Å². The van der Waals surface area contributed by atoms with Gasteiger partial charge in [-0.1, -0.05) is 6.42 Å². The molecule has 2 aliphatic rings. The average Bonchev–Trinajstić information content (AvgIpc) is 2.74. The van der Waals surface area contributed by atoms with Crippen LogP contribution in [0.2, 0.25) is 0 Å². The summed E-state index contributed by atoms with van der Waals surface area (Å²) in [5, 5.41) is 11.6. The number of carboxylic acid groups (broad SMARTS) is 1. The standard InChI is InChI=1S/C12H14N2O4/c15-10(16)7-6-8-9(13-7)14-11(17)12(18-8)4-2-1-3-5-12/h6,13H,1-5H2,(H,14,17)(H,15,16). The lowest BCUT2D eigenvalue weighted by Crippen LogP contribution is -2.51. The van der Waals surface area contributed by atoms with Crippen molar-refractivity contribution >= 4 is 17.7 Å². The van der Waals surface area contributed by atoms with Gasteiger partial charge in [-0.15, -0.1) is 0 Å². The van der Waals surface area contributed by atoms with Crippen molar-refractivity contribution in [2.75, 3.05) is 5.32 Å². The zero-order valence-corrected chi connectivity index (χ0v) is 9.78. The van der Waals surface area contributed by atoms with Gasteiger partial charge in [-0.05, 0) is 25.7 Å². The molecule has 3 rings (SSSR count). The van der Waals surface area contributed by atoms with Crippen molar-refractivity contribution in [3.63, 3.8) is 0 Å². The van der Waals surface area contributed by atoms with E-state index in [0.717, 1.165) is 19.3 Å². The molecule has 18 heavy (non-hydrogen) atoms. The molecule has 3 N–H and O–H groups in total. The van der Waals surface area contributed by atoms with E-state index in [-0.39, 0.29) is 11.6 Å². The maximum absolute atomic E-state index is 12.1. The predicted octanol–water partition coefficient (Wildman–Crippen LogP) is 1.75. The highest BCUT2D eigenvalue weighted by atomic mass is 16.5. The third kappa shape index (κ3) is 1.56. The number of aromatic amines is 1. The van der Waals surface area contributed by atoms with E-state index in [4.69, 9.17) is 9.84 Å². The van der Waals surface area contributed by atoms with Crippen LogP contribution in [0.3, 0.4) is 0 Å². The van der Waals surface area contributed by atoms with Gasteiger partial charge in [0.1, 0.15) is 5.69 Å². The van der Waals surface area contributed by atoms with Crippen LogP contribution in [0.15, 0.2) is 6.07 Å². The fraction of sp³-hybridized carbons (Fsp3) is 0.500. The smallest absolute Gasteiger partial charge is 0.352 e. The highest BCUT2D eigenvalue weighted by Crippen LogP contribution is 2.40. The number of nitrogens with one attached hydrogen (secondary N) is 2. The van der Waals surface area contributed by atoms with E-state index in [1.54, 1.807) is 0 Å². The first-order valence-electron chi connectivity index (χ1n) is 6.07. The molecule has 6 nitrogen and oxygen atoms in total. The van der Waals surface area contributed by atoms with Crippen molar-refractivity contribution in [1.82, 2.24) is 4.98 Å². The Morgan fingerprint density at radius 2 is 2.06 bits per heavy atom. The Kier molecular flexibility index (Phi) is 2.33. The Labute approximate surface area is 103 Å². The van der Waals surface area contributed by atoms with Gasteiger partial charge in [0.2, 0.25) is 0 Å². The molecule has 6 heteroatoms. The molecule has 0 unspecified atom stereocenters. The Bertz CT molecular complexity index is 514. The number of fused-ring (bicyclic) bond motifs is 1. The predicted molar refractivity (Wildman–Crippen MR) is 62.8 cm³/mol. The molecular weight excluding hydrogens is 236 g/mol. The summed E-state index contributed by atoms with van der Waals surface area (Å²) in [5.41, 5.74) is -0.781. The minimum absolute atomic E-state index is 0.0214. The summed E-state index contributed by atoms with van der Waals surface area (Å²) in [4.78, 5) is 25.6. The number of carbonyl (C=O) groups excluding carboxylic acids is 1. The van der Waals surface area contributed by atoms with E-state index in [1.165, 1.54) is 6.07 Å². The topological polar surface area (TPSA) is 91.4 Å². The van der Waals surface area contributed by atoms with Crippen LogP contribution >= 0.6 is 0 Å². The van der Waals surface area contributed by atoms with Gasteiger partial charge in [-0.2, -0.15) is 0 Å². The zero-order valence-electron chi connectivity index (χ0n) is 9.78. The van der Waals surface area contributed by atoms with Crippen molar-refractivity contribution in [3.8, 4) is 5.75 Å². The maximum Gasteiger partial charge on any atom is 0.352 e. The molecular formula is C12H14N2O4. The number of rotatable bonds is 1. The summed E-state index contributed by atoms with van der Waals surface area (Å²) in [6, 6.07) is 1.42. The number of ether oxygens (including phenoxy) is 1. The molecule has 1 aliphatic carbocycles. The first-order valence-corrected chi connectivity index (χ1v) is 6.07. The molecule has 1 amide bonds. The quantitative estimate of drug-likeness (QED) is 0.708. The number of H-pyrrole nitrogens is 1. The van der Waals surface area contributed by atoms with Crippen molar-refractivity contribution in [3.05, 3.63) is 11.8 Å². The lowest BCUT2D eigenvalue weighted by atomic mass is 9.83. The van der Waals surface area contributed by atoms with Crippen molar-refractivity contribution in [2.24, 2.45) is 0 Å². The number of carboxylic acids is 1. The summed E-state index contributed by atoms with van der Waals surface area (Å²) in [6.45, 7) is 0. The van der Waals surface area contributed by atoms with Gasteiger partial charge < -0.3 is 20.1 Å². The van der Waals surface area contributed by atoms with Crippen molar-refractivity contribution < 1.29 is 19.4 Å². The van der Waals surface area contributed by atoms with Crippen LogP contribution in [0.1, 0.15) is 42.6 Å². The summed E-state index contributed by atoms with van der Waals surface area (Å²) < 4.78 is 5.80. The summed E-state index contributed by atoms with van der Waals surface area (Å²) in [6.07, 6.45) is 4.40. The lowest BCUT2D eigenvalue weighted by Gasteiger charge is -2.38. The summed E-state index contributed by atoms with van der Waals surface area (Å²) in [7, 11) is 0. The zero-order chi connectivity index (χ0) is 12.8. The minimum Gasteiger partial charge on any atom is -0.477 e. The first kappa shape index (κ1) is 11.1. The molecule has 0 aromatic carbocycles. The van der Waals surface area contributed by atoms with E-state index in [9.17, 15) is 9.59 Å². The van der Waals surface area contributed by atoms with E-state index < -0.39 is 11.6 Å². The molecule has 96 valence electrons. The number of anilines is 1. The van der Waals surface area contributed by atoms with Crippen LogP contribution in [0.4, 0.5) is 5.82 Å². The Hall–Kier alpha value is -1.98. The van der Waals surface area contributed by atoms with E-state index in [0.29, 0.717) is 24.4 Å². The SMILES string of the molecule is O=C(O)c1cc2c([nH]1)NC(=O)C1(CCCCC1)O2. The van der Waals surface area contributed by atoms with Gasteiger partial charge in [0.05, 0.1) is 0 Å². The molecule has 1 spiro atoms. The Morgan fingerprint density at radius 3 is 2.72 bits per heavy atom. The number of amides is 1. The van der Waals surface area contributed by atoms with Gasteiger partial charge in [0.15, 0.2) is 17.2 Å². The molecule has 0 saturated heterocycles. The molecule has 1 saturated carbocycles. The third-order valence-corrected chi connectivity index (χ3v) is 3.63. The monoisotopic (exact) mass is 250 g/mol. The van der Waals surface area contributed by atoms with Crippen LogP contribution < -0.4 is 10.1 Å². The van der Waals surface area contributed by atoms with Crippen LogP contribution in [0.5, 0.6) is 5.75 Å². The third-order valence-electron chi connectivity index (χ3n) is 3.63.